The van der Waals surface area contributed by atoms with Crippen molar-refractivity contribution in [2.45, 2.75) is 51.7 Å². The first-order chi connectivity index (χ1) is 12.5. The summed E-state index contributed by atoms with van der Waals surface area (Å²) in [5.74, 6) is 0.807. The molecule has 2 aliphatic rings. The Hall–Kier alpha value is -2.63. The summed E-state index contributed by atoms with van der Waals surface area (Å²) >= 11 is 0. The monoisotopic (exact) mass is 353 g/mol. The number of aromatic nitrogens is 1. The number of nitrogens with zero attached hydrogens (tertiary/aromatic N) is 3. The molecule has 2 amide bonds. The van der Waals surface area contributed by atoms with Crippen LogP contribution in [0.25, 0.3) is 0 Å². The van der Waals surface area contributed by atoms with Gasteiger partial charge in [-0.15, -0.1) is 0 Å². The van der Waals surface area contributed by atoms with Crippen molar-refractivity contribution < 1.29 is 14.0 Å². The highest BCUT2D eigenvalue weighted by Gasteiger charge is 2.45. The van der Waals surface area contributed by atoms with Gasteiger partial charge in [-0.3, -0.25) is 14.6 Å². The van der Waals surface area contributed by atoms with Crippen LogP contribution in [0, 0.1) is 13.8 Å². The molecule has 0 bridgehead atoms. The first kappa shape index (κ1) is 16.8. The Morgan fingerprint density at radius 2 is 2.08 bits per heavy atom. The highest BCUT2D eigenvalue weighted by atomic mass is 16.3. The molecular formula is C20H23N3O3. The van der Waals surface area contributed by atoms with Gasteiger partial charge in [0, 0.05) is 18.7 Å². The van der Waals surface area contributed by atoms with E-state index in [1.807, 2.05) is 34.9 Å². The van der Waals surface area contributed by atoms with Crippen LogP contribution >= 0.6 is 0 Å². The SMILES string of the molecule is Cc1cccc(CN2C(=O)CC[C@@H]3[C@H]2CCN3C(=O)c2ccoc2C)n1. The van der Waals surface area contributed by atoms with E-state index in [-0.39, 0.29) is 23.9 Å². The number of hydrogen-bond acceptors (Lipinski definition) is 4. The van der Waals surface area contributed by atoms with E-state index in [0.717, 1.165) is 24.2 Å². The summed E-state index contributed by atoms with van der Waals surface area (Å²) in [7, 11) is 0. The highest BCUT2D eigenvalue weighted by molar-refractivity contribution is 5.95. The Morgan fingerprint density at radius 3 is 2.81 bits per heavy atom. The number of hydrogen-bond donors (Lipinski definition) is 0. The molecule has 0 N–H and O–H groups in total. The van der Waals surface area contributed by atoms with E-state index in [0.29, 0.717) is 30.8 Å². The van der Waals surface area contributed by atoms with Crippen LogP contribution in [-0.2, 0) is 11.3 Å². The Bertz CT molecular complexity index is 844. The zero-order valence-electron chi connectivity index (χ0n) is 15.1. The van der Waals surface area contributed by atoms with Crippen LogP contribution in [0.2, 0.25) is 0 Å². The summed E-state index contributed by atoms with van der Waals surface area (Å²) in [6.07, 6.45) is 3.56. The number of pyridine rings is 1. The Kier molecular flexibility index (Phi) is 4.26. The minimum Gasteiger partial charge on any atom is -0.469 e. The number of furan rings is 1. The smallest absolute Gasteiger partial charge is 0.257 e. The molecule has 2 aromatic heterocycles. The summed E-state index contributed by atoms with van der Waals surface area (Å²) in [5.41, 5.74) is 2.46. The normalized spacial score (nSPS) is 22.6. The number of carbonyl (C=O) groups excluding carboxylic acids is 2. The van der Waals surface area contributed by atoms with E-state index in [2.05, 4.69) is 4.98 Å². The maximum Gasteiger partial charge on any atom is 0.257 e. The largest absolute Gasteiger partial charge is 0.469 e. The average molecular weight is 353 g/mol. The molecule has 2 aromatic rings. The van der Waals surface area contributed by atoms with Gasteiger partial charge in [0.25, 0.3) is 5.91 Å². The molecule has 0 saturated carbocycles. The summed E-state index contributed by atoms with van der Waals surface area (Å²) in [6.45, 7) is 4.94. The van der Waals surface area contributed by atoms with Gasteiger partial charge in [-0.25, -0.2) is 0 Å². The van der Waals surface area contributed by atoms with Crippen molar-refractivity contribution in [3.8, 4) is 0 Å². The molecule has 0 spiro atoms. The summed E-state index contributed by atoms with van der Waals surface area (Å²) in [6, 6.07) is 7.74. The van der Waals surface area contributed by atoms with Crippen molar-refractivity contribution in [2.75, 3.05) is 6.54 Å². The van der Waals surface area contributed by atoms with Crippen molar-refractivity contribution in [2.24, 2.45) is 0 Å². The summed E-state index contributed by atoms with van der Waals surface area (Å²) in [5, 5.41) is 0. The van der Waals surface area contributed by atoms with Crippen molar-refractivity contribution in [1.29, 1.82) is 0 Å². The third-order valence-electron chi connectivity index (χ3n) is 5.51. The standard InChI is InChI=1S/C20H23N3O3/c1-13-4-3-5-15(21-13)12-23-18-8-10-22(17(18)6-7-19(23)24)20(25)16-9-11-26-14(16)2/h3-5,9,11,17-18H,6-8,10,12H2,1-2H3/t17-,18-/m1/s1. The maximum absolute atomic E-state index is 12.9. The third kappa shape index (κ3) is 2.89. The quantitative estimate of drug-likeness (QED) is 0.851. The lowest BCUT2D eigenvalue weighted by atomic mass is 9.95. The predicted octanol–water partition coefficient (Wildman–Crippen LogP) is 2.70. The van der Waals surface area contributed by atoms with Gasteiger partial charge in [-0.2, -0.15) is 0 Å². The Balaban J connectivity index is 1.55. The van der Waals surface area contributed by atoms with E-state index in [1.165, 1.54) is 0 Å². The van der Waals surface area contributed by atoms with Crippen molar-refractivity contribution in [3.63, 3.8) is 0 Å². The van der Waals surface area contributed by atoms with E-state index >= 15 is 0 Å². The number of likely N-dealkylation sites (tertiary alicyclic amines) is 2. The Labute approximate surface area is 152 Å². The van der Waals surface area contributed by atoms with Gasteiger partial charge in [-0.1, -0.05) is 6.07 Å². The van der Waals surface area contributed by atoms with Gasteiger partial charge in [0.15, 0.2) is 0 Å². The molecule has 136 valence electrons. The van der Waals surface area contributed by atoms with Crippen LogP contribution in [0.5, 0.6) is 0 Å². The number of fused-ring (bicyclic) bond motifs is 1. The second-order valence-corrected chi connectivity index (χ2v) is 7.14. The molecule has 0 radical (unpaired) electrons. The molecule has 2 fully saturated rings. The maximum atomic E-state index is 12.9. The lowest BCUT2D eigenvalue weighted by molar-refractivity contribution is -0.138. The molecule has 6 heteroatoms. The van der Waals surface area contributed by atoms with Gasteiger partial charge in [-0.05, 0) is 44.9 Å². The van der Waals surface area contributed by atoms with E-state index in [1.54, 1.807) is 19.3 Å². The molecule has 26 heavy (non-hydrogen) atoms. The second kappa shape index (κ2) is 6.59. The summed E-state index contributed by atoms with van der Waals surface area (Å²) in [4.78, 5) is 33.9. The van der Waals surface area contributed by atoms with Crippen LogP contribution in [0.1, 0.15) is 46.8 Å². The van der Waals surface area contributed by atoms with Crippen LogP contribution in [0.4, 0.5) is 0 Å². The zero-order valence-corrected chi connectivity index (χ0v) is 15.1. The van der Waals surface area contributed by atoms with Crippen molar-refractivity contribution in [1.82, 2.24) is 14.8 Å². The van der Waals surface area contributed by atoms with E-state index in [4.69, 9.17) is 4.42 Å². The molecule has 2 saturated heterocycles. The van der Waals surface area contributed by atoms with Crippen LogP contribution < -0.4 is 0 Å². The molecule has 4 rings (SSSR count). The second-order valence-electron chi connectivity index (χ2n) is 7.14. The molecule has 2 atom stereocenters. The molecule has 0 aliphatic carbocycles. The number of aryl methyl sites for hydroxylation is 2. The minimum absolute atomic E-state index is 0.00623. The zero-order chi connectivity index (χ0) is 18.3. The minimum atomic E-state index is 0.00623. The van der Waals surface area contributed by atoms with Crippen LogP contribution in [0.3, 0.4) is 0 Å². The first-order valence-electron chi connectivity index (χ1n) is 9.11. The third-order valence-corrected chi connectivity index (χ3v) is 5.51. The molecule has 0 unspecified atom stereocenters. The lowest BCUT2D eigenvalue weighted by Gasteiger charge is -2.39. The van der Waals surface area contributed by atoms with Gasteiger partial charge < -0.3 is 14.2 Å². The molecule has 4 heterocycles. The number of piperidine rings is 1. The molecule has 0 aromatic carbocycles. The van der Waals surface area contributed by atoms with Gasteiger partial charge in [0.05, 0.1) is 36.1 Å². The number of carbonyl (C=O) groups is 2. The van der Waals surface area contributed by atoms with Gasteiger partial charge >= 0.3 is 0 Å². The highest BCUT2D eigenvalue weighted by Crippen LogP contribution is 2.33. The van der Waals surface area contributed by atoms with E-state index in [9.17, 15) is 9.59 Å². The fraction of sp³-hybridized carbons (Fsp3) is 0.450. The van der Waals surface area contributed by atoms with E-state index < -0.39 is 0 Å². The topological polar surface area (TPSA) is 66.7 Å². The van der Waals surface area contributed by atoms with Gasteiger partial charge in [0.1, 0.15) is 5.76 Å². The summed E-state index contributed by atoms with van der Waals surface area (Å²) < 4.78 is 5.29. The fourth-order valence-corrected chi connectivity index (χ4v) is 4.23. The average Bonchev–Trinajstić information content (AvgIpc) is 3.23. The fourth-order valence-electron chi connectivity index (χ4n) is 4.23. The van der Waals surface area contributed by atoms with Crippen molar-refractivity contribution in [3.05, 3.63) is 53.2 Å². The molecule has 6 nitrogen and oxygen atoms in total. The number of amides is 2. The van der Waals surface area contributed by atoms with Crippen LogP contribution in [0.15, 0.2) is 34.9 Å². The number of rotatable bonds is 3. The van der Waals surface area contributed by atoms with Crippen LogP contribution in [-0.4, -0.2) is 45.2 Å². The Morgan fingerprint density at radius 1 is 1.23 bits per heavy atom. The predicted molar refractivity (Wildman–Crippen MR) is 95.4 cm³/mol. The lowest BCUT2D eigenvalue weighted by Crippen LogP contribution is -2.52. The molecular weight excluding hydrogens is 330 g/mol. The first-order valence-corrected chi connectivity index (χ1v) is 9.11. The van der Waals surface area contributed by atoms with Gasteiger partial charge in [0.2, 0.25) is 5.91 Å². The van der Waals surface area contributed by atoms with Crippen molar-refractivity contribution >= 4 is 11.8 Å². The molecule has 2 aliphatic heterocycles.